The number of carbonyl (C=O) groups excluding carboxylic acids is 1. The summed E-state index contributed by atoms with van der Waals surface area (Å²) in [5.41, 5.74) is 0.987. The third-order valence-electron chi connectivity index (χ3n) is 5.30. The number of nitrogens with one attached hydrogen (secondary N) is 2. The molecule has 31 heavy (non-hydrogen) atoms. The van der Waals surface area contributed by atoms with Crippen LogP contribution in [-0.4, -0.2) is 44.3 Å². The molecule has 0 spiro atoms. The first kappa shape index (κ1) is 23.3. The van der Waals surface area contributed by atoms with Crippen LogP contribution in [0, 0.1) is 5.82 Å². The summed E-state index contributed by atoms with van der Waals surface area (Å²) in [4.78, 5) is 12.2. The molecule has 7 nitrogen and oxygen atoms in total. The Balaban J connectivity index is 1.56. The van der Waals surface area contributed by atoms with E-state index in [0.717, 1.165) is 17.7 Å². The van der Waals surface area contributed by atoms with Crippen molar-refractivity contribution in [1.29, 1.82) is 0 Å². The number of hydrogen-bond acceptors (Lipinski definition) is 5. The SMILES string of the molecule is C[C@H](NC(=O)C[C@H]1CC[C@H](NS(=O)(=O)c2cccc(F)c2)[C@@H](CO)O1)c1ccccc1. The van der Waals surface area contributed by atoms with Gasteiger partial charge in [-0.2, -0.15) is 0 Å². The van der Waals surface area contributed by atoms with Gasteiger partial charge < -0.3 is 15.2 Å². The molecule has 1 fully saturated rings. The number of benzene rings is 2. The average molecular weight is 451 g/mol. The van der Waals surface area contributed by atoms with Gasteiger partial charge in [0.25, 0.3) is 0 Å². The first-order valence-corrected chi connectivity index (χ1v) is 11.7. The van der Waals surface area contributed by atoms with E-state index < -0.39 is 40.7 Å². The van der Waals surface area contributed by atoms with Gasteiger partial charge in [0.2, 0.25) is 15.9 Å². The van der Waals surface area contributed by atoms with Crippen molar-refractivity contribution in [3.05, 3.63) is 66.0 Å². The summed E-state index contributed by atoms with van der Waals surface area (Å²) in [7, 11) is -3.97. The van der Waals surface area contributed by atoms with E-state index >= 15 is 0 Å². The fourth-order valence-corrected chi connectivity index (χ4v) is 4.98. The lowest BCUT2D eigenvalue weighted by molar-refractivity contribution is -0.131. The van der Waals surface area contributed by atoms with Gasteiger partial charge >= 0.3 is 0 Å². The minimum atomic E-state index is -3.97. The van der Waals surface area contributed by atoms with Crippen LogP contribution >= 0.6 is 0 Å². The first-order valence-electron chi connectivity index (χ1n) is 10.2. The van der Waals surface area contributed by atoms with Crippen molar-refractivity contribution in [3.63, 3.8) is 0 Å². The molecule has 168 valence electrons. The van der Waals surface area contributed by atoms with Crippen molar-refractivity contribution in [1.82, 2.24) is 10.0 Å². The van der Waals surface area contributed by atoms with Crippen LogP contribution in [0.2, 0.25) is 0 Å². The molecule has 2 aromatic carbocycles. The Morgan fingerprint density at radius 3 is 2.61 bits per heavy atom. The topological polar surface area (TPSA) is 105 Å². The maximum absolute atomic E-state index is 13.4. The maximum atomic E-state index is 13.4. The Labute approximate surface area is 181 Å². The predicted octanol–water partition coefficient (Wildman–Crippen LogP) is 2.28. The average Bonchev–Trinajstić information content (AvgIpc) is 2.75. The van der Waals surface area contributed by atoms with Crippen molar-refractivity contribution < 1.29 is 27.4 Å². The fourth-order valence-electron chi connectivity index (χ4n) is 3.65. The summed E-state index contributed by atoms with van der Waals surface area (Å²) < 4.78 is 46.8. The van der Waals surface area contributed by atoms with Gasteiger partial charge in [-0.25, -0.2) is 17.5 Å². The number of amides is 1. The molecule has 1 amide bonds. The second kappa shape index (κ2) is 10.3. The van der Waals surface area contributed by atoms with Crippen LogP contribution in [0.1, 0.15) is 37.8 Å². The van der Waals surface area contributed by atoms with Crippen LogP contribution in [0.3, 0.4) is 0 Å². The van der Waals surface area contributed by atoms with Gasteiger partial charge in [0.05, 0.1) is 42.2 Å². The van der Waals surface area contributed by atoms with E-state index in [1.54, 1.807) is 0 Å². The summed E-state index contributed by atoms with van der Waals surface area (Å²) in [5, 5.41) is 12.6. The number of halogens is 1. The zero-order valence-electron chi connectivity index (χ0n) is 17.2. The highest BCUT2D eigenvalue weighted by atomic mass is 32.2. The Kier molecular flexibility index (Phi) is 7.77. The summed E-state index contributed by atoms with van der Waals surface area (Å²) >= 11 is 0. The van der Waals surface area contributed by atoms with Gasteiger partial charge in [0, 0.05) is 0 Å². The summed E-state index contributed by atoms with van der Waals surface area (Å²) in [6.45, 7) is 1.48. The van der Waals surface area contributed by atoms with E-state index in [1.165, 1.54) is 12.1 Å². The van der Waals surface area contributed by atoms with Gasteiger partial charge in [0.15, 0.2) is 0 Å². The molecule has 3 N–H and O–H groups in total. The molecule has 0 saturated carbocycles. The van der Waals surface area contributed by atoms with Gasteiger partial charge in [-0.05, 0) is 43.5 Å². The molecule has 0 aromatic heterocycles. The summed E-state index contributed by atoms with van der Waals surface area (Å²) in [6.07, 6.45) is -0.306. The molecule has 9 heteroatoms. The van der Waals surface area contributed by atoms with Gasteiger partial charge in [-0.1, -0.05) is 36.4 Å². The largest absolute Gasteiger partial charge is 0.394 e. The second-order valence-electron chi connectivity index (χ2n) is 7.65. The second-order valence-corrected chi connectivity index (χ2v) is 9.36. The Bertz CT molecular complexity index is 986. The van der Waals surface area contributed by atoms with E-state index in [2.05, 4.69) is 10.0 Å². The smallest absolute Gasteiger partial charge is 0.241 e. The van der Waals surface area contributed by atoms with Crippen molar-refractivity contribution in [3.8, 4) is 0 Å². The molecule has 1 saturated heterocycles. The van der Waals surface area contributed by atoms with Crippen molar-refractivity contribution in [2.75, 3.05) is 6.61 Å². The third kappa shape index (κ3) is 6.33. The minimum Gasteiger partial charge on any atom is -0.394 e. The zero-order valence-corrected chi connectivity index (χ0v) is 18.0. The molecular weight excluding hydrogens is 423 g/mol. The third-order valence-corrected chi connectivity index (χ3v) is 6.79. The molecule has 0 unspecified atom stereocenters. The number of aliphatic hydroxyl groups excluding tert-OH is 1. The van der Waals surface area contributed by atoms with E-state index in [0.29, 0.717) is 12.8 Å². The number of aliphatic hydroxyl groups is 1. The Morgan fingerprint density at radius 1 is 1.19 bits per heavy atom. The highest BCUT2D eigenvalue weighted by Gasteiger charge is 2.35. The first-order chi connectivity index (χ1) is 14.8. The van der Waals surface area contributed by atoms with Gasteiger partial charge in [0.1, 0.15) is 5.82 Å². The minimum absolute atomic E-state index is 0.108. The Hall–Kier alpha value is -2.33. The summed E-state index contributed by atoms with van der Waals surface area (Å²) in [5.74, 6) is -0.839. The van der Waals surface area contributed by atoms with Crippen LogP contribution in [0.4, 0.5) is 4.39 Å². The van der Waals surface area contributed by atoms with E-state index in [4.69, 9.17) is 4.74 Å². The number of rotatable bonds is 8. The van der Waals surface area contributed by atoms with Crippen LogP contribution in [0.5, 0.6) is 0 Å². The van der Waals surface area contributed by atoms with Crippen molar-refractivity contribution >= 4 is 15.9 Å². The number of sulfonamides is 1. The number of ether oxygens (including phenoxy) is 1. The molecule has 1 aliphatic heterocycles. The molecule has 1 heterocycles. The number of carbonyl (C=O) groups is 1. The van der Waals surface area contributed by atoms with Gasteiger partial charge in [-0.3, -0.25) is 4.79 Å². The quantitative estimate of drug-likeness (QED) is 0.572. The van der Waals surface area contributed by atoms with Crippen LogP contribution in [0.15, 0.2) is 59.5 Å². The molecule has 0 aliphatic carbocycles. The van der Waals surface area contributed by atoms with Crippen molar-refractivity contribution in [2.24, 2.45) is 0 Å². The normalized spacial score (nSPS) is 22.6. The number of hydrogen-bond donors (Lipinski definition) is 3. The van der Waals surface area contributed by atoms with Crippen LogP contribution in [0.25, 0.3) is 0 Å². The highest BCUT2D eigenvalue weighted by molar-refractivity contribution is 7.89. The standard InChI is InChI=1S/C22H27FN2O5S/c1-15(16-6-3-2-4-7-16)24-22(27)13-18-10-11-20(21(14-26)30-18)25-31(28,29)19-9-5-8-17(23)12-19/h2-9,12,15,18,20-21,25-26H,10-11,13-14H2,1H3,(H,24,27)/t15-,18+,20-,21+/m0/s1. The Morgan fingerprint density at radius 2 is 1.94 bits per heavy atom. The molecular formula is C22H27FN2O5S. The fraction of sp³-hybridized carbons (Fsp3) is 0.409. The zero-order chi connectivity index (χ0) is 22.4. The van der Waals surface area contributed by atoms with Crippen molar-refractivity contribution in [2.45, 2.75) is 55.4 Å². The van der Waals surface area contributed by atoms with E-state index in [9.17, 15) is 22.7 Å². The lowest BCUT2D eigenvalue weighted by atomic mass is 9.97. The molecule has 4 atom stereocenters. The predicted molar refractivity (Wildman–Crippen MR) is 113 cm³/mol. The van der Waals surface area contributed by atoms with E-state index in [-0.39, 0.29) is 23.3 Å². The molecule has 1 aliphatic rings. The van der Waals surface area contributed by atoms with E-state index in [1.807, 2.05) is 37.3 Å². The maximum Gasteiger partial charge on any atom is 0.241 e. The molecule has 0 radical (unpaired) electrons. The van der Waals surface area contributed by atoms with Gasteiger partial charge in [-0.15, -0.1) is 0 Å². The lowest BCUT2D eigenvalue weighted by Gasteiger charge is -2.35. The molecule has 0 bridgehead atoms. The molecule has 3 rings (SSSR count). The van der Waals surface area contributed by atoms with Crippen LogP contribution in [-0.2, 0) is 19.6 Å². The highest BCUT2D eigenvalue weighted by Crippen LogP contribution is 2.24. The summed E-state index contributed by atoms with van der Waals surface area (Å²) in [6, 6.07) is 13.4. The molecule has 2 aromatic rings. The van der Waals surface area contributed by atoms with Crippen LogP contribution < -0.4 is 10.0 Å². The monoisotopic (exact) mass is 450 g/mol. The lowest BCUT2D eigenvalue weighted by Crippen LogP contribution is -2.51.